The summed E-state index contributed by atoms with van der Waals surface area (Å²) in [6.07, 6.45) is 1.91. The van der Waals surface area contributed by atoms with E-state index in [1.807, 2.05) is 12.1 Å². The van der Waals surface area contributed by atoms with Gasteiger partial charge in [-0.1, -0.05) is 23.2 Å². The summed E-state index contributed by atoms with van der Waals surface area (Å²) in [6, 6.07) is 11.3. The van der Waals surface area contributed by atoms with Gasteiger partial charge in [0.2, 0.25) is 0 Å². The number of anilines is 1. The predicted molar refractivity (Wildman–Crippen MR) is 116 cm³/mol. The number of carbonyl (C=O) groups excluding carboxylic acids is 1. The van der Waals surface area contributed by atoms with Gasteiger partial charge in [-0.25, -0.2) is 0 Å². The molecule has 1 aromatic carbocycles. The number of carbonyl (C=O) groups is 1. The van der Waals surface area contributed by atoms with Crippen LogP contribution in [0.15, 0.2) is 56.8 Å². The highest BCUT2D eigenvalue weighted by Gasteiger charge is 2.40. The van der Waals surface area contributed by atoms with Crippen molar-refractivity contribution < 1.29 is 4.79 Å². The second kappa shape index (κ2) is 7.57. The van der Waals surface area contributed by atoms with Crippen molar-refractivity contribution in [3.8, 4) is 6.07 Å². The van der Waals surface area contributed by atoms with Crippen LogP contribution in [-0.2, 0) is 4.79 Å². The molecular formula is C20H14BrCl2N3OS. The van der Waals surface area contributed by atoms with Crippen LogP contribution < -0.4 is 10.6 Å². The minimum Gasteiger partial charge on any atom is -0.384 e. The third kappa shape index (κ3) is 3.17. The molecule has 2 aromatic rings. The summed E-state index contributed by atoms with van der Waals surface area (Å²) in [5.41, 5.74) is 9.04. The molecule has 1 aromatic heterocycles. The largest absolute Gasteiger partial charge is 0.384 e. The van der Waals surface area contributed by atoms with Gasteiger partial charge in [0, 0.05) is 28.3 Å². The van der Waals surface area contributed by atoms with E-state index in [0.29, 0.717) is 45.5 Å². The van der Waals surface area contributed by atoms with Gasteiger partial charge >= 0.3 is 0 Å². The van der Waals surface area contributed by atoms with E-state index < -0.39 is 5.92 Å². The highest BCUT2D eigenvalue weighted by atomic mass is 79.9. The molecule has 4 nitrogen and oxygen atoms in total. The Hall–Kier alpha value is -1.78. The van der Waals surface area contributed by atoms with Crippen LogP contribution in [0.25, 0.3) is 0 Å². The molecule has 1 atom stereocenters. The number of nitrogens with two attached hydrogens (primary N) is 1. The molecule has 2 aliphatic rings. The number of Topliss-reactive ketones (excluding diaryl/α,β-unsaturated/α-hetero) is 1. The summed E-state index contributed by atoms with van der Waals surface area (Å²) in [5, 5.41) is 10.8. The fourth-order valence-electron chi connectivity index (χ4n) is 3.77. The first-order chi connectivity index (χ1) is 13.4. The Labute approximate surface area is 185 Å². The van der Waals surface area contributed by atoms with E-state index in [0.717, 1.165) is 20.8 Å². The van der Waals surface area contributed by atoms with Crippen LogP contribution in [0.1, 0.15) is 30.1 Å². The lowest BCUT2D eigenvalue weighted by molar-refractivity contribution is -0.116. The Morgan fingerprint density at radius 3 is 2.64 bits per heavy atom. The van der Waals surface area contributed by atoms with E-state index in [1.54, 1.807) is 23.1 Å². The lowest BCUT2D eigenvalue weighted by atomic mass is 9.78. The van der Waals surface area contributed by atoms with Crippen LogP contribution >= 0.6 is 50.5 Å². The van der Waals surface area contributed by atoms with Crippen LogP contribution in [0.2, 0.25) is 10.0 Å². The Kier molecular flexibility index (Phi) is 5.28. The molecule has 4 rings (SSSR count). The number of nitriles is 1. The summed E-state index contributed by atoms with van der Waals surface area (Å²) in [6.45, 7) is 0. The zero-order chi connectivity index (χ0) is 20.0. The quantitative estimate of drug-likeness (QED) is 0.545. The molecule has 28 heavy (non-hydrogen) atoms. The van der Waals surface area contributed by atoms with Crippen LogP contribution in [0.3, 0.4) is 0 Å². The summed E-state index contributed by atoms with van der Waals surface area (Å²) in [4.78, 5) is 15.7. The van der Waals surface area contributed by atoms with Crippen molar-refractivity contribution >= 4 is 61.9 Å². The van der Waals surface area contributed by atoms with E-state index in [-0.39, 0.29) is 5.78 Å². The monoisotopic (exact) mass is 493 g/mol. The van der Waals surface area contributed by atoms with E-state index in [4.69, 9.17) is 28.9 Å². The normalized spacial score (nSPS) is 19.7. The average molecular weight is 495 g/mol. The van der Waals surface area contributed by atoms with Gasteiger partial charge in [0.05, 0.1) is 31.4 Å². The summed E-state index contributed by atoms with van der Waals surface area (Å²) < 4.78 is 0.940. The lowest BCUT2D eigenvalue weighted by Gasteiger charge is -2.39. The molecule has 1 aliphatic carbocycles. The van der Waals surface area contributed by atoms with Gasteiger partial charge in [-0.05, 0) is 59.1 Å². The van der Waals surface area contributed by atoms with E-state index in [9.17, 15) is 10.1 Å². The lowest BCUT2D eigenvalue weighted by Crippen LogP contribution is -2.38. The molecule has 1 aliphatic heterocycles. The molecule has 0 spiro atoms. The first-order valence-electron chi connectivity index (χ1n) is 8.58. The second-order valence-corrected chi connectivity index (χ2v) is 9.87. The topological polar surface area (TPSA) is 70.1 Å². The van der Waals surface area contributed by atoms with Gasteiger partial charge < -0.3 is 5.73 Å². The molecular weight excluding hydrogens is 481 g/mol. The first kappa shape index (κ1) is 19.5. The van der Waals surface area contributed by atoms with Crippen molar-refractivity contribution in [2.75, 3.05) is 4.90 Å². The third-order valence-corrected chi connectivity index (χ3v) is 7.38. The Bertz CT molecular complexity index is 1100. The Morgan fingerprint density at radius 1 is 1.21 bits per heavy atom. The molecule has 0 radical (unpaired) electrons. The predicted octanol–water partition coefficient (Wildman–Crippen LogP) is 6.12. The molecule has 0 saturated heterocycles. The maximum atomic E-state index is 13.0. The van der Waals surface area contributed by atoms with Crippen LogP contribution in [0.5, 0.6) is 0 Å². The zero-order valence-electron chi connectivity index (χ0n) is 14.5. The number of benzene rings is 1. The summed E-state index contributed by atoms with van der Waals surface area (Å²) in [7, 11) is 0. The SMILES string of the molecule is N#CC1=C(N)N(c2ccc(Cl)c(Cl)c2)C2=C(C(=O)CCC2)C1c1ccc(Br)s1. The van der Waals surface area contributed by atoms with Crippen molar-refractivity contribution in [3.05, 3.63) is 71.7 Å². The highest BCUT2D eigenvalue weighted by Crippen LogP contribution is 2.48. The van der Waals surface area contributed by atoms with Gasteiger partial charge in [-0.3, -0.25) is 9.69 Å². The van der Waals surface area contributed by atoms with Gasteiger partial charge in [-0.2, -0.15) is 5.26 Å². The van der Waals surface area contributed by atoms with Gasteiger partial charge in [0.15, 0.2) is 5.78 Å². The molecule has 8 heteroatoms. The molecule has 2 N–H and O–H groups in total. The minimum atomic E-state index is -0.442. The van der Waals surface area contributed by atoms with Gasteiger partial charge in [0.25, 0.3) is 0 Å². The fourth-order valence-corrected chi connectivity index (χ4v) is 5.61. The number of thiophene rings is 1. The number of allylic oxidation sites excluding steroid dienone is 3. The first-order valence-corrected chi connectivity index (χ1v) is 10.9. The van der Waals surface area contributed by atoms with Crippen LogP contribution in [0.4, 0.5) is 5.69 Å². The number of halogens is 3. The number of hydrogen-bond donors (Lipinski definition) is 1. The van der Waals surface area contributed by atoms with Gasteiger partial charge in [0.1, 0.15) is 5.82 Å². The molecule has 0 saturated carbocycles. The summed E-state index contributed by atoms with van der Waals surface area (Å²) >= 11 is 17.3. The van der Waals surface area contributed by atoms with Crippen molar-refractivity contribution in [2.24, 2.45) is 5.73 Å². The fraction of sp³-hybridized carbons (Fsp3) is 0.200. The van der Waals surface area contributed by atoms with Crippen molar-refractivity contribution in [3.63, 3.8) is 0 Å². The highest BCUT2D eigenvalue weighted by molar-refractivity contribution is 9.11. The maximum Gasteiger partial charge on any atom is 0.161 e. The smallest absolute Gasteiger partial charge is 0.161 e. The molecule has 142 valence electrons. The van der Waals surface area contributed by atoms with Gasteiger partial charge in [-0.15, -0.1) is 11.3 Å². The Morgan fingerprint density at radius 2 is 2.00 bits per heavy atom. The molecule has 0 bridgehead atoms. The minimum absolute atomic E-state index is 0.0566. The van der Waals surface area contributed by atoms with E-state index >= 15 is 0 Å². The van der Waals surface area contributed by atoms with Crippen LogP contribution in [-0.4, -0.2) is 5.78 Å². The third-order valence-electron chi connectivity index (χ3n) is 4.95. The van der Waals surface area contributed by atoms with Crippen molar-refractivity contribution in [1.29, 1.82) is 5.26 Å². The number of hydrogen-bond acceptors (Lipinski definition) is 5. The van der Waals surface area contributed by atoms with Crippen molar-refractivity contribution in [2.45, 2.75) is 25.2 Å². The van der Waals surface area contributed by atoms with Crippen molar-refractivity contribution in [1.82, 2.24) is 0 Å². The van der Waals surface area contributed by atoms with Crippen LogP contribution in [0, 0.1) is 11.3 Å². The Balaban J connectivity index is 1.97. The second-order valence-electron chi connectivity index (χ2n) is 6.56. The number of rotatable bonds is 2. The number of nitrogens with zero attached hydrogens (tertiary/aromatic N) is 2. The zero-order valence-corrected chi connectivity index (χ0v) is 18.4. The number of ketones is 1. The van der Waals surface area contributed by atoms with E-state index in [2.05, 4.69) is 22.0 Å². The average Bonchev–Trinajstić information content (AvgIpc) is 3.09. The van der Waals surface area contributed by atoms with E-state index in [1.165, 1.54) is 11.3 Å². The maximum absolute atomic E-state index is 13.0. The standard InChI is InChI=1S/C20H14BrCl2N3OS/c21-17-7-6-16(28-17)18-11(9-24)20(25)26(10-4-5-12(22)13(23)8-10)14-2-1-3-15(27)19(14)18/h4-8,18H,1-3,25H2. The molecule has 2 heterocycles. The molecule has 1 unspecified atom stereocenters. The molecule has 0 amide bonds. The molecule has 0 fully saturated rings. The summed E-state index contributed by atoms with van der Waals surface area (Å²) in [5.74, 6) is -0.0620.